The summed E-state index contributed by atoms with van der Waals surface area (Å²) in [4.78, 5) is 0. The zero-order valence-electron chi connectivity index (χ0n) is 15.2. The van der Waals surface area contributed by atoms with E-state index in [9.17, 15) is 8.42 Å². The third-order valence-electron chi connectivity index (χ3n) is 5.99. The monoisotopic (exact) mass is 401 g/mol. The van der Waals surface area contributed by atoms with Crippen LogP contribution in [-0.4, -0.2) is 8.42 Å². The van der Waals surface area contributed by atoms with Crippen LogP contribution in [0, 0.1) is 5.41 Å². The van der Waals surface area contributed by atoms with Gasteiger partial charge in [0.15, 0.2) is 0 Å². The first kappa shape index (κ1) is 18.7. The molecule has 142 valence electrons. The minimum atomic E-state index is -3.51. The molecule has 0 aliphatic heterocycles. The van der Waals surface area contributed by atoms with Gasteiger partial charge in [-0.25, -0.2) is 13.6 Å². The molecule has 0 aromatic heterocycles. The van der Waals surface area contributed by atoms with Crippen molar-refractivity contribution in [2.75, 3.05) is 0 Å². The van der Waals surface area contributed by atoms with E-state index in [1.165, 1.54) is 48.0 Å². The highest BCUT2D eigenvalue weighted by molar-refractivity contribution is 7.88. The van der Waals surface area contributed by atoms with Crippen LogP contribution in [0.15, 0.2) is 48.5 Å². The molecular formula is C22H24ClNO2S. The van der Waals surface area contributed by atoms with Gasteiger partial charge in [0.1, 0.15) is 0 Å². The Morgan fingerprint density at radius 1 is 0.852 bits per heavy atom. The molecule has 2 aliphatic carbocycles. The molecule has 5 heteroatoms. The second-order valence-electron chi connectivity index (χ2n) is 8.03. The Bertz CT molecular complexity index is 970. The van der Waals surface area contributed by atoms with Crippen LogP contribution in [0.3, 0.4) is 0 Å². The fourth-order valence-electron chi connectivity index (χ4n) is 4.74. The van der Waals surface area contributed by atoms with Crippen molar-refractivity contribution in [1.29, 1.82) is 0 Å². The largest absolute Gasteiger partial charge is 0.228 e. The smallest absolute Gasteiger partial charge is 0.213 e. The summed E-state index contributed by atoms with van der Waals surface area (Å²) in [5.74, 6) is -0.125. The van der Waals surface area contributed by atoms with E-state index in [4.69, 9.17) is 16.7 Å². The van der Waals surface area contributed by atoms with Crippen LogP contribution in [0.4, 0.5) is 0 Å². The van der Waals surface area contributed by atoms with Gasteiger partial charge in [-0.15, -0.1) is 0 Å². The molecule has 2 aromatic rings. The molecule has 0 heterocycles. The molecule has 27 heavy (non-hydrogen) atoms. The second kappa shape index (κ2) is 7.08. The lowest BCUT2D eigenvalue weighted by Crippen LogP contribution is -2.14. The van der Waals surface area contributed by atoms with Crippen molar-refractivity contribution in [1.82, 2.24) is 0 Å². The van der Waals surface area contributed by atoms with Crippen molar-refractivity contribution in [3.8, 4) is 0 Å². The third-order valence-corrected chi connectivity index (χ3v) is 6.98. The number of hydrogen-bond acceptors (Lipinski definition) is 2. The van der Waals surface area contributed by atoms with Gasteiger partial charge in [0.2, 0.25) is 10.0 Å². The Labute approximate surface area is 166 Å². The molecule has 2 N–H and O–H groups in total. The molecule has 4 rings (SSSR count). The number of halogens is 1. The maximum absolute atomic E-state index is 11.3. The molecule has 0 unspecified atom stereocenters. The second-order valence-corrected chi connectivity index (χ2v) is 10.1. The van der Waals surface area contributed by atoms with E-state index >= 15 is 0 Å². The highest BCUT2D eigenvalue weighted by Crippen LogP contribution is 2.57. The van der Waals surface area contributed by atoms with Crippen LogP contribution in [-0.2, 0) is 15.8 Å². The molecule has 2 aromatic carbocycles. The van der Waals surface area contributed by atoms with Crippen LogP contribution >= 0.6 is 11.6 Å². The zero-order valence-corrected chi connectivity index (χ0v) is 16.8. The number of allylic oxidation sites excluding steroid dienone is 2. The summed E-state index contributed by atoms with van der Waals surface area (Å²) in [5.41, 5.74) is 6.34. The Kier molecular flexibility index (Phi) is 4.91. The van der Waals surface area contributed by atoms with E-state index in [-0.39, 0.29) is 5.75 Å². The number of sulfonamides is 1. The first-order chi connectivity index (χ1) is 12.8. The Morgan fingerprint density at radius 2 is 1.33 bits per heavy atom. The molecule has 0 saturated heterocycles. The lowest BCUT2D eigenvalue weighted by atomic mass is 9.81. The highest BCUT2D eigenvalue weighted by Gasteiger charge is 2.41. The number of rotatable bonds is 4. The van der Waals surface area contributed by atoms with E-state index in [0.29, 0.717) is 5.41 Å². The molecular weight excluding hydrogens is 378 g/mol. The fourth-order valence-corrected chi connectivity index (χ4v) is 5.53. The number of primary sulfonamides is 1. The average Bonchev–Trinajstić information content (AvgIpc) is 3.22. The minimum Gasteiger partial charge on any atom is -0.228 e. The van der Waals surface area contributed by atoms with Gasteiger partial charge in [-0.05, 0) is 71.1 Å². The molecule has 0 atom stereocenters. The summed E-state index contributed by atoms with van der Waals surface area (Å²) in [6, 6.07) is 16.0. The van der Waals surface area contributed by atoms with Crippen molar-refractivity contribution < 1.29 is 8.42 Å². The van der Waals surface area contributed by atoms with E-state index in [2.05, 4.69) is 12.1 Å². The van der Waals surface area contributed by atoms with E-state index in [1.807, 2.05) is 36.4 Å². The van der Waals surface area contributed by atoms with Gasteiger partial charge in [-0.1, -0.05) is 60.8 Å². The number of benzene rings is 2. The molecule has 2 aliphatic rings. The van der Waals surface area contributed by atoms with Crippen molar-refractivity contribution in [2.24, 2.45) is 10.6 Å². The molecule has 3 nitrogen and oxygen atoms in total. The fraction of sp³-hybridized carbons (Fsp3) is 0.364. The van der Waals surface area contributed by atoms with E-state index < -0.39 is 10.0 Å². The first-order valence-electron chi connectivity index (χ1n) is 9.41. The summed E-state index contributed by atoms with van der Waals surface area (Å²) < 4.78 is 22.7. The lowest BCUT2D eigenvalue weighted by molar-refractivity contribution is 0.330. The summed E-state index contributed by atoms with van der Waals surface area (Å²) in [6.07, 6.45) is 7.42. The topological polar surface area (TPSA) is 60.2 Å². The summed E-state index contributed by atoms with van der Waals surface area (Å²) in [5, 5.41) is 5.92. The molecule has 1 spiro atoms. The summed E-state index contributed by atoms with van der Waals surface area (Å²) in [7, 11) is -3.51. The van der Waals surface area contributed by atoms with Gasteiger partial charge < -0.3 is 0 Å². The standard InChI is InChI=1S/C22H24ClNO2S/c23-19-9-7-18(8-10-19)21-14-22(11-1-2-12-22)13-20(21)17-5-3-16(4-6-17)15-27(24,25)26/h3-10H,1-2,11-15H2,(H2,24,25,26). The number of nitrogens with two attached hydrogens (primary N) is 1. The third kappa shape index (κ3) is 4.13. The van der Waals surface area contributed by atoms with Crippen molar-refractivity contribution >= 4 is 32.8 Å². The molecule has 0 radical (unpaired) electrons. The minimum absolute atomic E-state index is 0.125. The maximum atomic E-state index is 11.3. The first-order valence-corrected chi connectivity index (χ1v) is 11.5. The van der Waals surface area contributed by atoms with Crippen LogP contribution in [0.1, 0.15) is 55.2 Å². The predicted octanol–water partition coefficient (Wildman–Crippen LogP) is 5.39. The molecule has 1 fully saturated rings. The van der Waals surface area contributed by atoms with E-state index in [1.54, 1.807) is 0 Å². The normalized spacial score (nSPS) is 19.2. The summed E-state index contributed by atoms with van der Waals surface area (Å²) in [6.45, 7) is 0. The van der Waals surface area contributed by atoms with Gasteiger partial charge in [0.05, 0.1) is 5.75 Å². The van der Waals surface area contributed by atoms with Crippen molar-refractivity contribution in [3.63, 3.8) is 0 Å². The van der Waals surface area contributed by atoms with Crippen LogP contribution < -0.4 is 5.14 Å². The number of hydrogen-bond donors (Lipinski definition) is 1. The zero-order chi connectivity index (χ0) is 19.1. The van der Waals surface area contributed by atoms with Gasteiger partial charge in [-0.2, -0.15) is 0 Å². The Morgan fingerprint density at radius 3 is 1.81 bits per heavy atom. The lowest BCUT2D eigenvalue weighted by Gasteiger charge is -2.23. The van der Waals surface area contributed by atoms with Crippen LogP contribution in [0.25, 0.3) is 11.1 Å². The van der Waals surface area contributed by atoms with E-state index in [0.717, 1.165) is 23.4 Å². The summed E-state index contributed by atoms with van der Waals surface area (Å²) >= 11 is 6.09. The SMILES string of the molecule is NS(=O)(=O)Cc1ccc(C2=C(c3ccc(Cl)cc3)CC3(CCCC3)C2)cc1. The van der Waals surface area contributed by atoms with Gasteiger partial charge in [0, 0.05) is 5.02 Å². The van der Waals surface area contributed by atoms with Gasteiger partial charge in [-0.3, -0.25) is 0 Å². The van der Waals surface area contributed by atoms with Crippen molar-refractivity contribution in [2.45, 2.75) is 44.3 Å². The van der Waals surface area contributed by atoms with Gasteiger partial charge >= 0.3 is 0 Å². The Balaban J connectivity index is 1.71. The van der Waals surface area contributed by atoms with Gasteiger partial charge in [0.25, 0.3) is 0 Å². The molecule has 0 amide bonds. The predicted molar refractivity (Wildman–Crippen MR) is 112 cm³/mol. The van der Waals surface area contributed by atoms with Crippen molar-refractivity contribution in [3.05, 3.63) is 70.2 Å². The Hall–Kier alpha value is -1.62. The average molecular weight is 402 g/mol. The molecule has 1 saturated carbocycles. The van der Waals surface area contributed by atoms with Crippen LogP contribution in [0.5, 0.6) is 0 Å². The highest BCUT2D eigenvalue weighted by atomic mass is 35.5. The maximum Gasteiger partial charge on any atom is 0.213 e. The van der Waals surface area contributed by atoms with Crippen LogP contribution in [0.2, 0.25) is 5.02 Å². The molecule has 0 bridgehead atoms. The quantitative estimate of drug-likeness (QED) is 0.746.